The minimum atomic E-state index is -0.528. The van der Waals surface area contributed by atoms with E-state index in [2.05, 4.69) is 20.8 Å². The highest BCUT2D eigenvalue weighted by Gasteiger charge is 2.40. The van der Waals surface area contributed by atoms with Crippen LogP contribution in [0.25, 0.3) is 0 Å². The molecule has 2 aliphatic rings. The van der Waals surface area contributed by atoms with Gasteiger partial charge in [0, 0.05) is 5.75 Å². The van der Waals surface area contributed by atoms with Crippen molar-refractivity contribution >= 4 is 11.8 Å². The van der Waals surface area contributed by atoms with Crippen molar-refractivity contribution in [2.45, 2.75) is 51.8 Å². The second-order valence-electron chi connectivity index (χ2n) is 5.78. The number of aliphatic hydroxyl groups excluding tert-OH is 1. The van der Waals surface area contributed by atoms with Crippen LogP contribution in [0.2, 0.25) is 0 Å². The third-order valence-electron chi connectivity index (χ3n) is 4.12. The molecule has 0 unspecified atom stereocenters. The SMILES string of the molecule is CC(C)[C@@H]1CC[C@@H](C)C[C@H]1[C@@H]1O[C@@H](O)CS1. The van der Waals surface area contributed by atoms with Crippen molar-refractivity contribution in [3.8, 4) is 0 Å². The van der Waals surface area contributed by atoms with Crippen molar-refractivity contribution < 1.29 is 9.84 Å². The molecule has 0 aromatic rings. The van der Waals surface area contributed by atoms with Crippen LogP contribution >= 0.6 is 11.8 Å². The van der Waals surface area contributed by atoms with E-state index in [0.29, 0.717) is 5.92 Å². The normalized spacial score (nSPS) is 45.2. The highest BCUT2D eigenvalue weighted by atomic mass is 32.2. The quantitative estimate of drug-likeness (QED) is 0.809. The predicted octanol–water partition coefficient (Wildman–Crippen LogP) is 3.10. The zero-order valence-electron chi connectivity index (χ0n) is 10.6. The van der Waals surface area contributed by atoms with E-state index in [4.69, 9.17) is 4.74 Å². The fourth-order valence-electron chi connectivity index (χ4n) is 3.22. The van der Waals surface area contributed by atoms with E-state index >= 15 is 0 Å². The maximum atomic E-state index is 9.48. The Bertz CT molecular complexity index is 232. The topological polar surface area (TPSA) is 29.5 Å². The molecule has 1 heterocycles. The van der Waals surface area contributed by atoms with Gasteiger partial charge in [-0.3, -0.25) is 0 Å². The molecule has 1 saturated carbocycles. The summed E-state index contributed by atoms with van der Waals surface area (Å²) in [6.45, 7) is 6.99. The zero-order valence-corrected chi connectivity index (χ0v) is 11.4. The molecule has 1 aliphatic carbocycles. The van der Waals surface area contributed by atoms with Crippen molar-refractivity contribution in [1.82, 2.24) is 0 Å². The highest BCUT2D eigenvalue weighted by molar-refractivity contribution is 8.00. The fraction of sp³-hybridized carbons (Fsp3) is 1.00. The second-order valence-corrected chi connectivity index (χ2v) is 6.91. The molecule has 3 heteroatoms. The van der Waals surface area contributed by atoms with Crippen LogP contribution in [0.1, 0.15) is 40.0 Å². The van der Waals surface area contributed by atoms with Gasteiger partial charge in [0.15, 0.2) is 6.29 Å². The second kappa shape index (κ2) is 5.28. The van der Waals surface area contributed by atoms with Gasteiger partial charge in [0.1, 0.15) is 5.44 Å². The average molecular weight is 244 g/mol. The number of thioether (sulfide) groups is 1. The lowest BCUT2D eigenvalue weighted by Gasteiger charge is -2.39. The first-order valence-electron chi connectivity index (χ1n) is 6.53. The van der Waals surface area contributed by atoms with Gasteiger partial charge in [-0.05, 0) is 36.5 Å². The van der Waals surface area contributed by atoms with Crippen molar-refractivity contribution in [2.24, 2.45) is 23.7 Å². The van der Waals surface area contributed by atoms with Crippen LogP contribution in [0.15, 0.2) is 0 Å². The predicted molar refractivity (Wildman–Crippen MR) is 68.2 cm³/mol. The molecule has 94 valence electrons. The Morgan fingerprint density at radius 3 is 2.62 bits per heavy atom. The van der Waals surface area contributed by atoms with E-state index in [0.717, 1.165) is 23.5 Å². The Labute approximate surface area is 103 Å². The Balaban J connectivity index is 2.02. The lowest BCUT2D eigenvalue weighted by molar-refractivity contribution is -0.108. The van der Waals surface area contributed by atoms with Crippen LogP contribution < -0.4 is 0 Å². The fourth-order valence-corrected chi connectivity index (χ4v) is 4.42. The number of rotatable bonds is 2. The van der Waals surface area contributed by atoms with Crippen LogP contribution in [-0.4, -0.2) is 22.6 Å². The molecular weight excluding hydrogens is 220 g/mol. The summed E-state index contributed by atoms with van der Waals surface area (Å²) < 4.78 is 5.65. The average Bonchev–Trinajstić information content (AvgIpc) is 2.64. The zero-order chi connectivity index (χ0) is 11.7. The molecule has 0 bridgehead atoms. The molecule has 2 fully saturated rings. The summed E-state index contributed by atoms with van der Waals surface area (Å²) in [5.41, 5.74) is 0.241. The Kier molecular flexibility index (Phi) is 4.20. The number of hydrogen-bond acceptors (Lipinski definition) is 3. The molecule has 0 aromatic heterocycles. The molecule has 1 aliphatic heterocycles. The van der Waals surface area contributed by atoms with Gasteiger partial charge in [-0.25, -0.2) is 0 Å². The summed E-state index contributed by atoms with van der Waals surface area (Å²) in [7, 11) is 0. The molecule has 5 atom stereocenters. The Morgan fingerprint density at radius 1 is 1.31 bits per heavy atom. The van der Waals surface area contributed by atoms with Crippen LogP contribution in [0.3, 0.4) is 0 Å². The lowest BCUT2D eigenvalue weighted by atomic mass is 9.70. The Hall–Kier alpha value is 0.270. The smallest absolute Gasteiger partial charge is 0.165 e. The first-order chi connectivity index (χ1) is 7.58. The third-order valence-corrected chi connectivity index (χ3v) is 5.38. The maximum Gasteiger partial charge on any atom is 0.165 e. The van der Waals surface area contributed by atoms with Crippen LogP contribution in [0.5, 0.6) is 0 Å². The first-order valence-corrected chi connectivity index (χ1v) is 7.58. The molecule has 16 heavy (non-hydrogen) atoms. The van der Waals surface area contributed by atoms with Crippen molar-refractivity contribution in [3.63, 3.8) is 0 Å². The molecule has 2 nitrogen and oxygen atoms in total. The molecule has 2 rings (SSSR count). The van der Waals surface area contributed by atoms with Gasteiger partial charge in [0.2, 0.25) is 0 Å². The lowest BCUT2D eigenvalue weighted by Crippen LogP contribution is -2.35. The van der Waals surface area contributed by atoms with E-state index in [1.807, 2.05) is 11.8 Å². The molecule has 1 N–H and O–H groups in total. The summed E-state index contributed by atoms with van der Waals surface area (Å²) in [5.74, 6) is 3.73. The molecule has 0 spiro atoms. The van der Waals surface area contributed by atoms with Crippen molar-refractivity contribution in [1.29, 1.82) is 0 Å². The third kappa shape index (κ3) is 2.74. The molecule has 0 aromatic carbocycles. The van der Waals surface area contributed by atoms with Gasteiger partial charge >= 0.3 is 0 Å². The summed E-state index contributed by atoms with van der Waals surface area (Å²) in [5, 5.41) is 9.48. The van der Waals surface area contributed by atoms with Crippen molar-refractivity contribution in [2.75, 3.05) is 5.75 Å². The summed E-state index contributed by atoms with van der Waals surface area (Å²) >= 11 is 1.81. The number of hydrogen-bond donors (Lipinski definition) is 1. The minimum Gasteiger partial charge on any atom is -0.367 e. The van der Waals surface area contributed by atoms with Crippen LogP contribution in [0.4, 0.5) is 0 Å². The van der Waals surface area contributed by atoms with Gasteiger partial charge in [-0.15, -0.1) is 11.8 Å². The van der Waals surface area contributed by atoms with E-state index in [1.165, 1.54) is 19.3 Å². The number of ether oxygens (including phenoxy) is 1. The van der Waals surface area contributed by atoms with E-state index in [-0.39, 0.29) is 5.44 Å². The first kappa shape index (κ1) is 12.7. The summed E-state index contributed by atoms with van der Waals surface area (Å²) in [6, 6.07) is 0. The standard InChI is InChI=1S/C13H24O2S/c1-8(2)10-5-4-9(3)6-11(10)13-15-12(14)7-16-13/h8-14H,4-7H2,1-3H3/t9-,10+,11-,12-,13-/m1/s1. The highest BCUT2D eigenvalue weighted by Crippen LogP contribution is 2.45. The van der Waals surface area contributed by atoms with E-state index < -0.39 is 6.29 Å². The summed E-state index contributed by atoms with van der Waals surface area (Å²) in [6.07, 6.45) is 3.44. The minimum absolute atomic E-state index is 0.241. The summed E-state index contributed by atoms with van der Waals surface area (Å²) in [4.78, 5) is 0. The van der Waals surface area contributed by atoms with Gasteiger partial charge in [-0.1, -0.05) is 27.2 Å². The van der Waals surface area contributed by atoms with Gasteiger partial charge in [0.05, 0.1) is 0 Å². The molecular formula is C13H24O2S. The van der Waals surface area contributed by atoms with Crippen LogP contribution in [0, 0.1) is 23.7 Å². The van der Waals surface area contributed by atoms with Gasteiger partial charge in [-0.2, -0.15) is 0 Å². The van der Waals surface area contributed by atoms with E-state index in [1.54, 1.807) is 0 Å². The largest absolute Gasteiger partial charge is 0.367 e. The Morgan fingerprint density at radius 2 is 2.06 bits per heavy atom. The van der Waals surface area contributed by atoms with E-state index in [9.17, 15) is 5.11 Å². The van der Waals surface area contributed by atoms with Gasteiger partial charge in [0.25, 0.3) is 0 Å². The van der Waals surface area contributed by atoms with Crippen molar-refractivity contribution in [3.05, 3.63) is 0 Å². The maximum absolute atomic E-state index is 9.48. The van der Waals surface area contributed by atoms with Crippen LogP contribution in [-0.2, 0) is 4.74 Å². The number of aliphatic hydroxyl groups is 1. The van der Waals surface area contributed by atoms with Gasteiger partial charge < -0.3 is 9.84 Å². The molecule has 0 amide bonds. The molecule has 1 saturated heterocycles. The molecule has 0 radical (unpaired) electrons. The monoisotopic (exact) mass is 244 g/mol.